The molecule has 1 heterocycles. The number of hydrogen-bond acceptors (Lipinski definition) is 3. The van der Waals surface area contributed by atoms with E-state index in [1.54, 1.807) is 43.2 Å². The van der Waals surface area contributed by atoms with Gasteiger partial charge in [0.05, 0.1) is 19.1 Å². The third-order valence-corrected chi connectivity index (χ3v) is 4.00. The molecule has 114 valence electrons. The lowest BCUT2D eigenvalue weighted by molar-refractivity contribution is -0.132. The summed E-state index contributed by atoms with van der Waals surface area (Å²) in [5.41, 5.74) is 3.99. The van der Waals surface area contributed by atoms with Crippen LogP contribution in [0.2, 0.25) is 0 Å². The van der Waals surface area contributed by atoms with Gasteiger partial charge >= 0.3 is 0 Å². The lowest BCUT2D eigenvalue weighted by Crippen LogP contribution is -2.66. The van der Waals surface area contributed by atoms with Crippen molar-refractivity contribution in [3.8, 4) is 18.1 Å². The van der Waals surface area contributed by atoms with Crippen LogP contribution in [-0.4, -0.2) is 30.3 Å². The lowest BCUT2D eigenvalue weighted by atomic mass is 9.79. The minimum absolute atomic E-state index is 0.0796. The van der Waals surface area contributed by atoms with Crippen LogP contribution in [0.25, 0.3) is 0 Å². The van der Waals surface area contributed by atoms with E-state index in [4.69, 9.17) is 11.2 Å². The first-order chi connectivity index (χ1) is 10.5. The Bertz CT molecular complexity index is 650. The molecule has 1 aliphatic heterocycles. The molecule has 1 aliphatic rings. The lowest BCUT2D eigenvalue weighted by Gasteiger charge is -2.48. The van der Waals surface area contributed by atoms with Crippen molar-refractivity contribution in [1.82, 2.24) is 0 Å². The Kier molecular flexibility index (Phi) is 4.72. The second kappa shape index (κ2) is 6.53. The summed E-state index contributed by atoms with van der Waals surface area (Å²) in [6.45, 7) is 5.29. The highest BCUT2D eigenvalue weighted by atomic mass is 16.5. The van der Waals surface area contributed by atoms with Gasteiger partial charge < -0.3 is 14.7 Å². The monoisotopic (exact) mass is 297 g/mol. The molecular weight excluding hydrogens is 278 g/mol. The van der Waals surface area contributed by atoms with E-state index in [0.717, 1.165) is 0 Å². The van der Waals surface area contributed by atoms with Crippen molar-refractivity contribution in [2.24, 2.45) is 5.92 Å². The molecule has 0 aliphatic carbocycles. The maximum Gasteiger partial charge on any atom is 0.233 e. The Labute approximate surface area is 130 Å². The fourth-order valence-corrected chi connectivity index (χ4v) is 2.67. The summed E-state index contributed by atoms with van der Waals surface area (Å²) in [5.74, 6) is 2.75. The van der Waals surface area contributed by atoms with Crippen molar-refractivity contribution < 1.29 is 14.6 Å². The van der Waals surface area contributed by atoms with Crippen LogP contribution in [0.1, 0.15) is 13.3 Å². The summed E-state index contributed by atoms with van der Waals surface area (Å²) in [7, 11) is 1.58. The molecule has 1 fully saturated rings. The van der Waals surface area contributed by atoms with Crippen molar-refractivity contribution >= 4 is 11.6 Å². The number of rotatable bonds is 5. The second-order valence-corrected chi connectivity index (χ2v) is 5.22. The van der Waals surface area contributed by atoms with E-state index < -0.39 is 12.1 Å². The van der Waals surface area contributed by atoms with Crippen LogP contribution in [0.4, 0.5) is 5.69 Å². The first kappa shape index (κ1) is 15.9. The summed E-state index contributed by atoms with van der Waals surface area (Å²) < 4.78 is 5.12. The first-order valence-electron chi connectivity index (χ1n) is 7.00. The van der Waals surface area contributed by atoms with Crippen LogP contribution in [0.5, 0.6) is 5.75 Å². The van der Waals surface area contributed by atoms with Crippen molar-refractivity contribution in [3.05, 3.63) is 42.1 Å². The molecule has 1 amide bonds. The number of anilines is 1. The maximum atomic E-state index is 12.4. The number of amides is 1. The van der Waals surface area contributed by atoms with E-state index in [2.05, 4.69) is 18.2 Å². The standard InChI is InChI=1S/C18H19NO3/c1-5-7-15-16(17(20)12(3)6-2)19(18(15)21)13-8-10-14(22-4)11-9-13/h1,8-11,15-17,20H,2,7H2,3-4H3/t15-,16-,17+/m1/s1. The molecule has 3 atom stereocenters. The van der Waals surface area contributed by atoms with Crippen molar-refractivity contribution in [2.45, 2.75) is 25.5 Å². The summed E-state index contributed by atoms with van der Waals surface area (Å²) in [5, 5.41) is 10.5. The minimum Gasteiger partial charge on any atom is -0.497 e. The maximum absolute atomic E-state index is 12.4. The van der Waals surface area contributed by atoms with Crippen LogP contribution in [-0.2, 0) is 4.79 Å². The number of aliphatic hydroxyl groups is 1. The molecule has 1 aromatic carbocycles. The van der Waals surface area contributed by atoms with E-state index in [0.29, 0.717) is 23.4 Å². The molecule has 4 heteroatoms. The molecule has 1 N–H and O–H groups in total. The molecule has 0 saturated carbocycles. The van der Waals surface area contributed by atoms with Gasteiger partial charge in [-0.25, -0.2) is 0 Å². The van der Waals surface area contributed by atoms with Crippen LogP contribution >= 0.6 is 0 Å². The molecule has 0 radical (unpaired) electrons. The molecule has 0 unspecified atom stereocenters. The predicted molar refractivity (Wildman–Crippen MR) is 85.5 cm³/mol. The minimum atomic E-state index is -0.837. The predicted octanol–water partition coefficient (Wildman–Crippen LogP) is 2.14. The summed E-state index contributed by atoms with van der Waals surface area (Å²) in [6, 6.07) is 6.73. The number of terminal acetylenes is 1. The number of hydrogen-bond donors (Lipinski definition) is 1. The van der Waals surface area contributed by atoms with Gasteiger partial charge in [0.25, 0.3) is 0 Å². The molecule has 0 aromatic heterocycles. The highest BCUT2D eigenvalue weighted by Gasteiger charge is 2.51. The quantitative estimate of drug-likeness (QED) is 0.515. The Morgan fingerprint density at radius 1 is 1.50 bits per heavy atom. The average Bonchev–Trinajstić information content (AvgIpc) is 2.56. The number of aliphatic hydroxyl groups excluding tert-OH is 1. The third kappa shape index (κ3) is 2.65. The number of carbonyl (C=O) groups is 1. The van der Waals surface area contributed by atoms with E-state index in [9.17, 15) is 9.90 Å². The smallest absolute Gasteiger partial charge is 0.233 e. The SMILES string of the molecule is C#CC[C@H]1C(=O)N(c2ccc(OC)cc2)[C@H]1[C@@H](O)C(C)=C=C. The van der Waals surface area contributed by atoms with Crippen LogP contribution in [0.3, 0.4) is 0 Å². The van der Waals surface area contributed by atoms with Gasteiger partial charge in [-0.15, -0.1) is 18.1 Å². The van der Waals surface area contributed by atoms with Gasteiger partial charge in [-0.05, 0) is 36.8 Å². The highest BCUT2D eigenvalue weighted by molar-refractivity contribution is 6.03. The molecule has 4 nitrogen and oxygen atoms in total. The van der Waals surface area contributed by atoms with Crippen molar-refractivity contribution in [1.29, 1.82) is 0 Å². The Balaban J connectivity index is 2.33. The van der Waals surface area contributed by atoms with Gasteiger partial charge in [-0.1, -0.05) is 6.58 Å². The fourth-order valence-electron chi connectivity index (χ4n) is 2.67. The van der Waals surface area contributed by atoms with Crippen LogP contribution in [0.15, 0.2) is 42.1 Å². The van der Waals surface area contributed by atoms with Crippen LogP contribution in [0, 0.1) is 18.3 Å². The van der Waals surface area contributed by atoms with Gasteiger partial charge in [0.15, 0.2) is 0 Å². The van der Waals surface area contributed by atoms with Gasteiger partial charge in [0.2, 0.25) is 5.91 Å². The Morgan fingerprint density at radius 3 is 2.64 bits per heavy atom. The molecule has 0 bridgehead atoms. The number of benzene rings is 1. The fraction of sp³-hybridized carbons (Fsp3) is 0.333. The van der Waals surface area contributed by atoms with E-state index in [1.807, 2.05) is 0 Å². The summed E-state index contributed by atoms with van der Waals surface area (Å²) >= 11 is 0. The Morgan fingerprint density at radius 2 is 2.14 bits per heavy atom. The van der Waals surface area contributed by atoms with Crippen LogP contribution < -0.4 is 9.64 Å². The van der Waals surface area contributed by atoms with Gasteiger partial charge in [-0.2, -0.15) is 0 Å². The zero-order valence-corrected chi connectivity index (χ0v) is 12.7. The zero-order valence-electron chi connectivity index (χ0n) is 12.7. The topological polar surface area (TPSA) is 49.8 Å². The number of methoxy groups -OCH3 is 1. The summed E-state index contributed by atoms with van der Waals surface area (Å²) in [4.78, 5) is 14.0. The van der Waals surface area contributed by atoms with E-state index in [-0.39, 0.29) is 11.8 Å². The van der Waals surface area contributed by atoms with E-state index in [1.165, 1.54) is 0 Å². The van der Waals surface area contributed by atoms with Crippen molar-refractivity contribution in [2.75, 3.05) is 12.0 Å². The third-order valence-electron chi connectivity index (χ3n) is 4.00. The van der Waals surface area contributed by atoms with Gasteiger partial charge in [0, 0.05) is 12.1 Å². The number of nitrogens with zero attached hydrogens (tertiary/aromatic N) is 1. The summed E-state index contributed by atoms with van der Waals surface area (Å²) in [6.07, 6.45) is 4.81. The molecule has 1 aromatic rings. The zero-order chi connectivity index (χ0) is 16.3. The normalized spacial score (nSPS) is 21.4. The Hall–Kier alpha value is -2.47. The largest absolute Gasteiger partial charge is 0.497 e. The first-order valence-corrected chi connectivity index (χ1v) is 7.00. The van der Waals surface area contributed by atoms with Gasteiger partial charge in [0.1, 0.15) is 11.9 Å². The molecule has 0 spiro atoms. The average molecular weight is 297 g/mol. The second-order valence-electron chi connectivity index (χ2n) is 5.22. The molecule has 1 saturated heterocycles. The number of carbonyl (C=O) groups excluding carboxylic acids is 1. The molecule has 2 rings (SSSR count). The highest BCUT2D eigenvalue weighted by Crippen LogP contribution is 2.38. The van der Waals surface area contributed by atoms with E-state index >= 15 is 0 Å². The number of ether oxygens (including phenoxy) is 1. The number of β-lactam (4-membered cyclic amide) rings is 1. The van der Waals surface area contributed by atoms with Crippen molar-refractivity contribution in [3.63, 3.8) is 0 Å². The molecular formula is C18H19NO3. The molecule has 22 heavy (non-hydrogen) atoms. The van der Waals surface area contributed by atoms with Gasteiger partial charge in [-0.3, -0.25) is 4.79 Å².